The van der Waals surface area contributed by atoms with Gasteiger partial charge in [-0.25, -0.2) is 5.26 Å². The van der Waals surface area contributed by atoms with E-state index in [0.717, 1.165) is 0 Å². The summed E-state index contributed by atoms with van der Waals surface area (Å²) in [5.41, 5.74) is 0. The Morgan fingerprint density at radius 3 is 1.57 bits per heavy atom. The summed E-state index contributed by atoms with van der Waals surface area (Å²) in [4.78, 5) is 0. The van der Waals surface area contributed by atoms with Gasteiger partial charge in [-0.3, -0.25) is 4.55 Å². The Bertz CT molecular complexity index is 110. The van der Waals surface area contributed by atoms with E-state index < -0.39 is 10.4 Å². The van der Waals surface area contributed by atoms with E-state index in [9.17, 15) is 0 Å². The van der Waals surface area contributed by atoms with Gasteiger partial charge in [-0.15, -0.1) is 0 Å². The molecule has 0 aliphatic carbocycles. The van der Waals surface area contributed by atoms with Crippen molar-refractivity contribution in [3.05, 3.63) is 0 Å². The maximum Gasteiger partial charge on any atom is 0.423 e. The van der Waals surface area contributed by atoms with E-state index in [-0.39, 0.29) is 6.15 Å². The fourth-order valence-electron chi connectivity index (χ4n) is 0. The molecule has 7 heavy (non-hydrogen) atoms. The van der Waals surface area contributed by atoms with Gasteiger partial charge >= 0.3 is 10.4 Å². The summed E-state index contributed by atoms with van der Waals surface area (Å²) in [5.74, 6) is 0. The van der Waals surface area contributed by atoms with Crippen LogP contribution < -0.4 is 6.15 Å². The van der Waals surface area contributed by atoms with Crippen molar-refractivity contribution in [2.75, 3.05) is 0 Å². The first-order valence-electron chi connectivity index (χ1n) is 0.865. The largest absolute Gasteiger partial charge is 0.423 e. The maximum absolute atomic E-state index is 9.08. The van der Waals surface area contributed by atoms with Crippen LogP contribution in [0, 0.1) is 0 Å². The number of hydrogen-bond donors (Lipinski definition) is 3. The molecular weight excluding hydrogens is 126 g/mol. The molecule has 0 aromatic heterocycles. The highest BCUT2D eigenvalue weighted by Gasteiger charge is 1.97. The van der Waals surface area contributed by atoms with Crippen LogP contribution >= 0.6 is 0 Å². The molecule has 0 amide bonds. The molecule has 0 unspecified atom stereocenters. The Morgan fingerprint density at radius 2 is 1.57 bits per heavy atom. The second kappa shape index (κ2) is 2.88. The van der Waals surface area contributed by atoms with Crippen LogP contribution in [-0.4, -0.2) is 18.2 Å². The Kier molecular flexibility index (Phi) is 4.08. The molecule has 0 spiro atoms. The third-order valence-corrected chi connectivity index (χ3v) is 0.283. The highest BCUT2D eigenvalue weighted by Crippen LogP contribution is 1.74. The Balaban J connectivity index is 0. The molecule has 46 valence electrons. The minimum atomic E-state index is -4.61. The lowest BCUT2D eigenvalue weighted by atomic mass is 14.0. The Hall–Kier alpha value is -0.210. The third-order valence-electron chi connectivity index (χ3n) is 0.0942. The summed E-state index contributed by atoms with van der Waals surface area (Å²) in [6.45, 7) is 0. The van der Waals surface area contributed by atoms with Crippen LogP contribution in [0.2, 0.25) is 0 Å². The molecular formula is H5NO5S. The van der Waals surface area contributed by atoms with E-state index >= 15 is 0 Å². The van der Waals surface area contributed by atoms with Gasteiger partial charge in [0.1, 0.15) is 0 Å². The monoisotopic (exact) mass is 131 g/mol. The number of rotatable bonds is 1. The Morgan fingerprint density at radius 1 is 1.43 bits per heavy atom. The fourth-order valence-corrected chi connectivity index (χ4v) is 0. The van der Waals surface area contributed by atoms with Crippen molar-refractivity contribution in [3.63, 3.8) is 0 Å². The molecule has 0 heterocycles. The summed E-state index contributed by atoms with van der Waals surface area (Å²) < 4.78 is 28.0. The summed E-state index contributed by atoms with van der Waals surface area (Å²) in [5, 5.41) is 7.06. The van der Waals surface area contributed by atoms with E-state index in [1.807, 2.05) is 0 Å². The van der Waals surface area contributed by atoms with Gasteiger partial charge in [-0.05, 0) is 0 Å². The molecule has 0 radical (unpaired) electrons. The van der Waals surface area contributed by atoms with Crippen molar-refractivity contribution in [1.29, 1.82) is 0 Å². The summed E-state index contributed by atoms with van der Waals surface area (Å²) >= 11 is 0. The second-order valence-corrected chi connectivity index (χ2v) is 1.51. The van der Waals surface area contributed by atoms with E-state index in [2.05, 4.69) is 4.33 Å². The smallest absolute Gasteiger partial charge is 0.344 e. The predicted molar refractivity (Wildman–Crippen MR) is 20.3 cm³/mol. The van der Waals surface area contributed by atoms with Crippen LogP contribution in [-0.2, 0) is 14.7 Å². The van der Waals surface area contributed by atoms with Crippen molar-refractivity contribution in [2.24, 2.45) is 0 Å². The first kappa shape index (κ1) is 9.92. The first-order valence-corrected chi connectivity index (χ1v) is 2.23. The second-order valence-electron chi connectivity index (χ2n) is 0.502. The van der Waals surface area contributed by atoms with E-state index in [0.29, 0.717) is 0 Å². The van der Waals surface area contributed by atoms with Crippen LogP contribution in [0.15, 0.2) is 0 Å². The Labute approximate surface area is 40.2 Å². The normalized spacial score (nSPS) is 10.0. The lowest BCUT2D eigenvalue weighted by molar-refractivity contribution is -0.139. The summed E-state index contributed by atoms with van der Waals surface area (Å²) in [7, 11) is -4.61. The molecule has 0 aliphatic rings. The van der Waals surface area contributed by atoms with Crippen LogP contribution in [0.3, 0.4) is 0 Å². The summed E-state index contributed by atoms with van der Waals surface area (Å²) in [6, 6.07) is 0. The zero-order valence-corrected chi connectivity index (χ0v) is 4.05. The van der Waals surface area contributed by atoms with Crippen molar-refractivity contribution < 1.29 is 22.6 Å². The molecule has 5 N–H and O–H groups in total. The number of hydrogen-bond acceptors (Lipinski definition) is 5. The average molecular weight is 131 g/mol. The first-order chi connectivity index (χ1) is 2.56. The molecule has 0 saturated carbocycles. The highest BCUT2D eigenvalue weighted by molar-refractivity contribution is 7.80. The molecule has 0 aromatic rings. The predicted octanol–water partition coefficient (Wildman–Crippen LogP) is -0.559. The minimum absolute atomic E-state index is 0. The van der Waals surface area contributed by atoms with Crippen molar-refractivity contribution in [2.45, 2.75) is 0 Å². The maximum atomic E-state index is 9.08. The zero-order chi connectivity index (χ0) is 5.21. The van der Waals surface area contributed by atoms with Gasteiger partial charge in [0.05, 0.1) is 0 Å². The van der Waals surface area contributed by atoms with Crippen LogP contribution in [0.5, 0.6) is 0 Å². The molecule has 0 aromatic carbocycles. The van der Waals surface area contributed by atoms with E-state index in [4.69, 9.17) is 18.2 Å². The molecule has 7 heteroatoms. The molecule has 0 fully saturated rings. The van der Waals surface area contributed by atoms with Gasteiger partial charge < -0.3 is 6.15 Å². The SMILES string of the molecule is N.O=S(=O)(O)OO. The lowest BCUT2D eigenvalue weighted by Gasteiger charge is -1.79. The molecule has 0 aliphatic heterocycles. The van der Waals surface area contributed by atoms with Crippen LogP contribution in [0.4, 0.5) is 0 Å². The molecule has 0 rings (SSSR count). The quantitative estimate of drug-likeness (QED) is 0.249. The van der Waals surface area contributed by atoms with Gasteiger partial charge in [0.2, 0.25) is 0 Å². The van der Waals surface area contributed by atoms with Gasteiger partial charge in [0.25, 0.3) is 0 Å². The van der Waals surface area contributed by atoms with Gasteiger partial charge in [-0.1, -0.05) is 4.33 Å². The van der Waals surface area contributed by atoms with Crippen LogP contribution in [0.1, 0.15) is 0 Å². The average Bonchev–Trinajstić information content (AvgIpc) is 1.35. The van der Waals surface area contributed by atoms with Crippen molar-refractivity contribution >= 4 is 10.4 Å². The van der Waals surface area contributed by atoms with E-state index in [1.54, 1.807) is 0 Å². The fraction of sp³-hybridized carbons (Fsp3) is 0. The van der Waals surface area contributed by atoms with Gasteiger partial charge in [0.15, 0.2) is 0 Å². The minimum Gasteiger partial charge on any atom is -0.344 e. The van der Waals surface area contributed by atoms with Gasteiger partial charge in [0, 0.05) is 0 Å². The zero-order valence-electron chi connectivity index (χ0n) is 3.23. The van der Waals surface area contributed by atoms with Crippen molar-refractivity contribution in [3.8, 4) is 0 Å². The summed E-state index contributed by atoms with van der Waals surface area (Å²) in [6.07, 6.45) is 0. The lowest BCUT2D eigenvalue weighted by Crippen LogP contribution is -1.97. The molecule has 0 saturated heterocycles. The molecule has 0 atom stereocenters. The standard InChI is InChI=1S/H3N.H2O5S/c;1-5-6(2,3)4/h1H3;1H,(H,2,3,4). The van der Waals surface area contributed by atoms with Crippen molar-refractivity contribution in [1.82, 2.24) is 6.15 Å². The molecule has 6 nitrogen and oxygen atoms in total. The van der Waals surface area contributed by atoms with Crippen LogP contribution in [0.25, 0.3) is 0 Å². The molecule has 0 bridgehead atoms. The highest BCUT2D eigenvalue weighted by atomic mass is 32.3. The van der Waals surface area contributed by atoms with E-state index in [1.165, 1.54) is 0 Å². The topological polar surface area (TPSA) is 119 Å². The van der Waals surface area contributed by atoms with Gasteiger partial charge in [-0.2, -0.15) is 8.42 Å². The third kappa shape index (κ3) is 10.7.